The SMILES string of the molecule is c1cc2c3c(c1)cc[n+]1cnn(c31)C2. The molecule has 3 nitrogen and oxygen atoms in total. The molecular formula is C11H8N3+. The van der Waals surface area contributed by atoms with Crippen LogP contribution in [-0.4, -0.2) is 9.78 Å². The fourth-order valence-corrected chi connectivity index (χ4v) is 2.33. The molecule has 0 spiro atoms. The third-order valence-corrected chi connectivity index (χ3v) is 2.95. The Morgan fingerprint density at radius 2 is 2.29 bits per heavy atom. The van der Waals surface area contributed by atoms with Crippen LogP contribution in [0.25, 0.3) is 16.4 Å². The van der Waals surface area contributed by atoms with Crippen molar-refractivity contribution in [1.82, 2.24) is 9.78 Å². The lowest BCUT2D eigenvalue weighted by Crippen LogP contribution is -2.17. The largest absolute Gasteiger partial charge is 0.273 e. The molecule has 0 amide bonds. The highest BCUT2D eigenvalue weighted by Gasteiger charge is 2.24. The molecule has 1 aromatic carbocycles. The van der Waals surface area contributed by atoms with Crippen LogP contribution in [0, 0.1) is 0 Å². The number of nitrogens with zero attached hydrogens (tertiary/aromatic N) is 3. The lowest BCUT2D eigenvalue weighted by Gasteiger charge is -1.95. The molecule has 0 atom stereocenters. The van der Waals surface area contributed by atoms with Crippen molar-refractivity contribution in [2.45, 2.75) is 6.54 Å². The summed E-state index contributed by atoms with van der Waals surface area (Å²) in [5.41, 5.74) is 2.60. The van der Waals surface area contributed by atoms with Crippen molar-refractivity contribution in [3.05, 3.63) is 42.4 Å². The molecule has 3 heterocycles. The molecule has 0 radical (unpaired) electrons. The van der Waals surface area contributed by atoms with E-state index in [1.165, 1.54) is 22.0 Å². The first kappa shape index (κ1) is 6.54. The van der Waals surface area contributed by atoms with Gasteiger partial charge in [0, 0.05) is 10.7 Å². The van der Waals surface area contributed by atoms with E-state index in [2.05, 4.69) is 44.6 Å². The first-order chi connectivity index (χ1) is 6.93. The summed E-state index contributed by atoms with van der Waals surface area (Å²) in [6.07, 6.45) is 3.93. The van der Waals surface area contributed by atoms with Crippen molar-refractivity contribution in [3.63, 3.8) is 0 Å². The molecule has 2 aromatic heterocycles. The van der Waals surface area contributed by atoms with Crippen LogP contribution in [0.15, 0.2) is 36.8 Å². The molecule has 0 fully saturated rings. The van der Waals surface area contributed by atoms with Crippen LogP contribution >= 0.6 is 0 Å². The Morgan fingerprint density at radius 3 is 3.29 bits per heavy atom. The minimum atomic E-state index is 0.910. The molecule has 0 saturated heterocycles. The number of benzene rings is 1. The van der Waals surface area contributed by atoms with E-state index < -0.39 is 0 Å². The van der Waals surface area contributed by atoms with Gasteiger partial charge >= 0.3 is 0 Å². The summed E-state index contributed by atoms with van der Waals surface area (Å²) in [5.74, 6) is 0. The molecule has 0 aliphatic carbocycles. The van der Waals surface area contributed by atoms with Crippen LogP contribution in [0.3, 0.4) is 0 Å². The Bertz CT molecular complexity index is 667. The highest BCUT2D eigenvalue weighted by molar-refractivity contribution is 5.96. The molecule has 3 aromatic rings. The van der Waals surface area contributed by atoms with Gasteiger partial charge in [-0.25, -0.2) is 4.40 Å². The highest BCUT2D eigenvalue weighted by Crippen LogP contribution is 2.26. The standard InChI is InChI=1S/C11H8N3/c1-2-8-4-5-13-7-12-14-6-9(3-1)10(8)11(13)14/h1-5,7H,6H2/q+1. The molecule has 66 valence electrons. The molecule has 0 bridgehead atoms. The van der Waals surface area contributed by atoms with E-state index >= 15 is 0 Å². The zero-order chi connectivity index (χ0) is 9.12. The van der Waals surface area contributed by atoms with Gasteiger partial charge in [-0.15, -0.1) is 4.68 Å². The number of pyridine rings is 1. The Balaban J connectivity index is 2.46. The Morgan fingerprint density at radius 1 is 1.29 bits per heavy atom. The van der Waals surface area contributed by atoms with Crippen LogP contribution < -0.4 is 4.40 Å². The quantitative estimate of drug-likeness (QED) is 0.374. The second-order valence-electron chi connectivity index (χ2n) is 3.72. The van der Waals surface area contributed by atoms with Crippen molar-refractivity contribution < 1.29 is 4.40 Å². The maximum atomic E-state index is 4.34. The zero-order valence-electron chi connectivity index (χ0n) is 7.51. The van der Waals surface area contributed by atoms with E-state index in [1.54, 1.807) is 0 Å². The number of hydrogen-bond acceptors (Lipinski definition) is 1. The molecule has 1 aliphatic rings. The van der Waals surface area contributed by atoms with Crippen LogP contribution in [0.4, 0.5) is 0 Å². The topological polar surface area (TPSA) is 21.9 Å². The van der Waals surface area contributed by atoms with E-state index in [0.29, 0.717) is 0 Å². The van der Waals surface area contributed by atoms with E-state index in [1.807, 2.05) is 6.33 Å². The zero-order valence-corrected chi connectivity index (χ0v) is 7.51. The number of rotatable bonds is 0. The molecule has 3 heteroatoms. The predicted octanol–water partition coefficient (Wildman–Crippen LogP) is 1.14. The van der Waals surface area contributed by atoms with Gasteiger partial charge < -0.3 is 0 Å². The summed E-state index contributed by atoms with van der Waals surface area (Å²) in [4.78, 5) is 0. The normalized spacial score (nSPS) is 13.4. The van der Waals surface area contributed by atoms with Gasteiger partial charge in [0.15, 0.2) is 0 Å². The lowest BCUT2D eigenvalue weighted by atomic mass is 10.1. The van der Waals surface area contributed by atoms with Gasteiger partial charge in [0.1, 0.15) is 6.54 Å². The average molecular weight is 182 g/mol. The van der Waals surface area contributed by atoms with Gasteiger partial charge in [0.25, 0.3) is 12.0 Å². The molecule has 4 rings (SSSR count). The van der Waals surface area contributed by atoms with Crippen molar-refractivity contribution in [3.8, 4) is 0 Å². The van der Waals surface area contributed by atoms with Gasteiger partial charge in [-0.3, -0.25) is 0 Å². The maximum absolute atomic E-state index is 4.34. The second kappa shape index (κ2) is 1.95. The average Bonchev–Trinajstić information content (AvgIpc) is 2.75. The van der Waals surface area contributed by atoms with Crippen molar-refractivity contribution in [2.24, 2.45) is 0 Å². The van der Waals surface area contributed by atoms with Gasteiger partial charge in [-0.1, -0.05) is 18.2 Å². The van der Waals surface area contributed by atoms with Crippen LogP contribution in [-0.2, 0) is 6.54 Å². The molecule has 14 heavy (non-hydrogen) atoms. The third-order valence-electron chi connectivity index (χ3n) is 2.95. The Hall–Kier alpha value is -1.90. The van der Waals surface area contributed by atoms with Crippen LogP contribution in [0.5, 0.6) is 0 Å². The monoisotopic (exact) mass is 182 g/mol. The molecule has 0 N–H and O–H groups in total. The van der Waals surface area contributed by atoms with Crippen molar-refractivity contribution in [1.29, 1.82) is 0 Å². The van der Waals surface area contributed by atoms with E-state index in [0.717, 1.165) is 6.54 Å². The Labute approximate surface area is 80.2 Å². The van der Waals surface area contributed by atoms with Crippen molar-refractivity contribution >= 4 is 16.4 Å². The first-order valence-corrected chi connectivity index (χ1v) is 4.71. The van der Waals surface area contributed by atoms with E-state index in [9.17, 15) is 0 Å². The predicted molar refractivity (Wildman–Crippen MR) is 52.0 cm³/mol. The van der Waals surface area contributed by atoms with Gasteiger partial charge in [-0.2, -0.15) is 0 Å². The van der Waals surface area contributed by atoms with E-state index in [4.69, 9.17) is 0 Å². The molecule has 1 aliphatic heterocycles. The smallest absolute Gasteiger partial charge is 0.203 e. The third kappa shape index (κ3) is 0.576. The molecule has 0 saturated carbocycles. The summed E-state index contributed by atoms with van der Waals surface area (Å²) < 4.78 is 4.14. The summed E-state index contributed by atoms with van der Waals surface area (Å²) in [6.45, 7) is 0.910. The fourth-order valence-electron chi connectivity index (χ4n) is 2.33. The number of aromatic nitrogens is 3. The first-order valence-electron chi connectivity index (χ1n) is 4.71. The molecule has 0 unspecified atom stereocenters. The minimum Gasteiger partial charge on any atom is -0.203 e. The summed E-state index contributed by atoms with van der Waals surface area (Å²) in [6, 6.07) is 8.59. The number of hydrogen-bond donors (Lipinski definition) is 0. The summed E-state index contributed by atoms with van der Waals surface area (Å²) in [5, 5.41) is 7.01. The van der Waals surface area contributed by atoms with Crippen LogP contribution in [0.1, 0.15) is 5.56 Å². The van der Waals surface area contributed by atoms with Crippen LogP contribution in [0.2, 0.25) is 0 Å². The fraction of sp³-hybridized carbons (Fsp3) is 0.0909. The summed E-state index contributed by atoms with van der Waals surface area (Å²) >= 11 is 0. The maximum Gasteiger partial charge on any atom is 0.273 e. The lowest BCUT2D eigenvalue weighted by molar-refractivity contribution is -0.511. The minimum absolute atomic E-state index is 0.910. The van der Waals surface area contributed by atoms with Gasteiger partial charge in [0.2, 0.25) is 0 Å². The highest BCUT2D eigenvalue weighted by atomic mass is 15.4. The van der Waals surface area contributed by atoms with E-state index in [-0.39, 0.29) is 0 Å². The van der Waals surface area contributed by atoms with Gasteiger partial charge in [0.05, 0.1) is 11.6 Å². The van der Waals surface area contributed by atoms with Gasteiger partial charge in [-0.05, 0) is 11.5 Å². The molecular weight excluding hydrogens is 174 g/mol. The Kier molecular flexibility index (Phi) is 0.911. The summed E-state index contributed by atoms with van der Waals surface area (Å²) in [7, 11) is 0. The van der Waals surface area contributed by atoms with Crippen molar-refractivity contribution in [2.75, 3.05) is 0 Å². The second-order valence-corrected chi connectivity index (χ2v) is 3.72.